The number of carbonyl (C=O) groups excluding carboxylic acids is 1. The van der Waals surface area contributed by atoms with Crippen LogP contribution in [-0.2, 0) is 13.2 Å². The van der Waals surface area contributed by atoms with Crippen molar-refractivity contribution in [1.29, 1.82) is 0 Å². The van der Waals surface area contributed by atoms with E-state index in [2.05, 4.69) is 18.0 Å². The fourth-order valence-corrected chi connectivity index (χ4v) is 4.49. The van der Waals surface area contributed by atoms with Gasteiger partial charge in [-0.05, 0) is 59.5 Å². The minimum atomic E-state index is 0.138. The van der Waals surface area contributed by atoms with Crippen LogP contribution < -0.4 is 18.9 Å². The molecule has 1 aliphatic rings. The van der Waals surface area contributed by atoms with Crippen LogP contribution in [0.5, 0.6) is 23.0 Å². The molecule has 37 heavy (non-hydrogen) atoms. The van der Waals surface area contributed by atoms with Crippen LogP contribution in [0.15, 0.2) is 66.7 Å². The van der Waals surface area contributed by atoms with Crippen LogP contribution >= 0.6 is 23.2 Å². The quantitative estimate of drug-likeness (QED) is 0.177. The van der Waals surface area contributed by atoms with E-state index in [9.17, 15) is 4.79 Å². The van der Waals surface area contributed by atoms with E-state index >= 15 is 0 Å². The fraction of sp³-hybridized carbons (Fsp3) is 0.172. The summed E-state index contributed by atoms with van der Waals surface area (Å²) in [5.41, 5.74) is 5.11. The maximum Gasteiger partial charge on any atom is 0.161 e. The second kappa shape index (κ2) is 11.1. The lowest BCUT2D eigenvalue weighted by molar-refractivity contribution is 0.111. The van der Waals surface area contributed by atoms with Crippen LogP contribution in [0.3, 0.4) is 0 Å². The molecular formula is C29H23Cl2NO5. The van der Waals surface area contributed by atoms with Crippen molar-refractivity contribution in [3.63, 3.8) is 0 Å². The number of hydrogen-bond donors (Lipinski definition) is 0. The first-order chi connectivity index (χ1) is 18.0. The Morgan fingerprint density at radius 2 is 1.68 bits per heavy atom. The van der Waals surface area contributed by atoms with Gasteiger partial charge in [0, 0.05) is 6.07 Å². The van der Waals surface area contributed by atoms with E-state index in [0.29, 0.717) is 52.4 Å². The number of hydrogen-bond acceptors (Lipinski definition) is 6. The van der Waals surface area contributed by atoms with Gasteiger partial charge in [-0.15, -0.1) is 0 Å². The molecule has 6 nitrogen and oxygen atoms in total. The number of rotatable bonds is 8. The van der Waals surface area contributed by atoms with Gasteiger partial charge in [-0.1, -0.05) is 53.5 Å². The highest BCUT2D eigenvalue weighted by Crippen LogP contribution is 2.37. The highest BCUT2D eigenvalue weighted by Gasteiger charge is 2.16. The van der Waals surface area contributed by atoms with Crippen molar-refractivity contribution in [2.24, 2.45) is 0 Å². The molecule has 0 spiro atoms. The number of pyridine rings is 1. The van der Waals surface area contributed by atoms with Gasteiger partial charge in [-0.25, -0.2) is 4.98 Å². The third-order valence-electron chi connectivity index (χ3n) is 6.02. The summed E-state index contributed by atoms with van der Waals surface area (Å²) < 4.78 is 23.3. The van der Waals surface area contributed by atoms with Crippen molar-refractivity contribution in [3.05, 3.63) is 99.3 Å². The van der Waals surface area contributed by atoms with E-state index in [1.54, 1.807) is 24.3 Å². The van der Waals surface area contributed by atoms with Crippen molar-refractivity contribution < 1.29 is 23.7 Å². The molecule has 0 atom stereocenters. The number of aromatic nitrogens is 1. The first kappa shape index (κ1) is 24.9. The summed E-state index contributed by atoms with van der Waals surface area (Å²) in [4.78, 5) is 15.8. The molecule has 0 saturated heterocycles. The van der Waals surface area contributed by atoms with Gasteiger partial charge < -0.3 is 18.9 Å². The molecule has 8 heteroatoms. The number of carbonyl (C=O) groups is 1. The largest absolute Gasteiger partial charge is 0.487 e. The predicted octanol–water partition coefficient (Wildman–Crippen LogP) is 7.11. The SMILES string of the molecule is Cc1c(COc2cc(OCc3cccc(Cl)n3)c(C=O)cc2Cl)cccc1-c1ccc2c(c1)OCCO2. The second-order valence-electron chi connectivity index (χ2n) is 8.42. The van der Waals surface area contributed by atoms with E-state index in [4.69, 9.17) is 42.1 Å². The molecule has 0 radical (unpaired) electrons. The Bertz CT molecular complexity index is 1460. The number of aldehydes is 1. The molecule has 4 aromatic rings. The molecular weight excluding hydrogens is 513 g/mol. The van der Waals surface area contributed by atoms with Gasteiger partial charge >= 0.3 is 0 Å². The van der Waals surface area contributed by atoms with Gasteiger partial charge in [-0.3, -0.25) is 4.79 Å². The molecule has 0 unspecified atom stereocenters. The molecule has 1 aliphatic heterocycles. The Morgan fingerprint density at radius 1 is 0.892 bits per heavy atom. The zero-order valence-corrected chi connectivity index (χ0v) is 21.5. The summed E-state index contributed by atoms with van der Waals surface area (Å²) in [7, 11) is 0. The lowest BCUT2D eigenvalue weighted by Crippen LogP contribution is -2.15. The standard InChI is InChI=1S/C29H23Cl2NO5/c1-18-20(4-2-6-23(18)19-8-9-25-28(13-19)35-11-10-34-25)16-36-27-14-26(21(15-33)12-24(27)30)37-17-22-5-3-7-29(31)32-22/h2-9,12-15H,10-11,16-17H2,1H3. The summed E-state index contributed by atoms with van der Waals surface area (Å²) in [6.45, 7) is 3.56. The van der Waals surface area contributed by atoms with Gasteiger partial charge in [0.15, 0.2) is 17.8 Å². The first-order valence-electron chi connectivity index (χ1n) is 11.7. The Kier molecular flexibility index (Phi) is 7.49. The molecule has 0 saturated carbocycles. The molecule has 0 N–H and O–H groups in total. The minimum absolute atomic E-state index is 0.138. The molecule has 188 valence electrons. The fourth-order valence-electron chi connectivity index (χ4n) is 4.08. The number of ether oxygens (including phenoxy) is 4. The van der Waals surface area contributed by atoms with Crippen molar-refractivity contribution in [1.82, 2.24) is 4.98 Å². The predicted molar refractivity (Wildman–Crippen MR) is 142 cm³/mol. The van der Waals surface area contributed by atoms with E-state index in [1.807, 2.05) is 30.3 Å². The van der Waals surface area contributed by atoms with Gasteiger partial charge in [0.05, 0.1) is 16.3 Å². The molecule has 0 amide bonds. The number of benzene rings is 3. The molecule has 3 aromatic carbocycles. The summed E-state index contributed by atoms with van der Waals surface area (Å²) in [5.74, 6) is 2.25. The van der Waals surface area contributed by atoms with E-state index in [0.717, 1.165) is 33.8 Å². The van der Waals surface area contributed by atoms with Crippen molar-refractivity contribution >= 4 is 29.5 Å². The number of nitrogens with zero attached hydrogens (tertiary/aromatic N) is 1. The smallest absolute Gasteiger partial charge is 0.161 e. The molecule has 1 aromatic heterocycles. The van der Waals surface area contributed by atoms with E-state index in [1.165, 1.54) is 6.07 Å². The average Bonchev–Trinajstić information content (AvgIpc) is 2.92. The summed E-state index contributed by atoms with van der Waals surface area (Å²) in [6.07, 6.45) is 0.692. The summed E-state index contributed by atoms with van der Waals surface area (Å²) >= 11 is 12.4. The van der Waals surface area contributed by atoms with Crippen molar-refractivity contribution in [2.75, 3.05) is 13.2 Å². The highest BCUT2D eigenvalue weighted by molar-refractivity contribution is 6.32. The Hall–Kier alpha value is -3.74. The van der Waals surface area contributed by atoms with Gasteiger partial charge in [0.25, 0.3) is 0 Å². The number of fused-ring (bicyclic) bond motifs is 1. The maximum absolute atomic E-state index is 11.6. The summed E-state index contributed by atoms with van der Waals surface area (Å²) in [6, 6.07) is 20.4. The third kappa shape index (κ3) is 5.66. The van der Waals surface area contributed by atoms with Gasteiger partial charge in [0.2, 0.25) is 0 Å². The van der Waals surface area contributed by atoms with Crippen molar-refractivity contribution in [2.45, 2.75) is 20.1 Å². The summed E-state index contributed by atoms with van der Waals surface area (Å²) in [5, 5.41) is 0.682. The van der Waals surface area contributed by atoms with Crippen LogP contribution in [-0.4, -0.2) is 24.5 Å². The lowest BCUT2D eigenvalue weighted by atomic mass is 9.96. The van der Waals surface area contributed by atoms with Crippen LogP contribution in [0, 0.1) is 6.92 Å². The zero-order chi connectivity index (χ0) is 25.8. The topological polar surface area (TPSA) is 66.9 Å². The molecule has 5 rings (SSSR count). The van der Waals surface area contributed by atoms with Crippen LogP contribution in [0.4, 0.5) is 0 Å². The van der Waals surface area contributed by atoms with E-state index in [-0.39, 0.29) is 13.2 Å². The first-order valence-corrected chi connectivity index (χ1v) is 12.4. The minimum Gasteiger partial charge on any atom is -0.487 e. The Balaban J connectivity index is 1.35. The van der Waals surface area contributed by atoms with Crippen LogP contribution in [0.1, 0.15) is 27.2 Å². The van der Waals surface area contributed by atoms with Crippen LogP contribution in [0.25, 0.3) is 11.1 Å². The van der Waals surface area contributed by atoms with Crippen molar-refractivity contribution in [3.8, 4) is 34.1 Å². The zero-order valence-electron chi connectivity index (χ0n) is 20.0. The Labute approximate surface area is 224 Å². The lowest BCUT2D eigenvalue weighted by Gasteiger charge is -2.20. The van der Waals surface area contributed by atoms with Crippen LogP contribution in [0.2, 0.25) is 10.2 Å². The average molecular weight is 536 g/mol. The highest BCUT2D eigenvalue weighted by atomic mass is 35.5. The number of halogens is 2. The molecule has 0 fully saturated rings. The second-order valence-corrected chi connectivity index (χ2v) is 9.21. The maximum atomic E-state index is 11.6. The van der Waals surface area contributed by atoms with Gasteiger partial charge in [0.1, 0.15) is 43.1 Å². The molecule has 0 aliphatic carbocycles. The normalized spacial score (nSPS) is 12.2. The van der Waals surface area contributed by atoms with Gasteiger partial charge in [-0.2, -0.15) is 0 Å². The third-order valence-corrected chi connectivity index (χ3v) is 6.53. The molecule has 2 heterocycles. The molecule has 0 bridgehead atoms. The van der Waals surface area contributed by atoms with E-state index < -0.39 is 0 Å². The monoisotopic (exact) mass is 535 g/mol. The Morgan fingerprint density at radius 3 is 2.49 bits per heavy atom.